The van der Waals surface area contributed by atoms with Crippen LogP contribution in [-0.4, -0.2) is 8.56 Å². The van der Waals surface area contributed by atoms with Crippen LogP contribution in [0.15, 0.2) is 0 Å². The van der Waals surface area contributed by atoms with E-state index in [9.17, 15) is 9.59 Å². The minimum atomic E-state index is -3.11. The van der Waals surface area contributed by atoms with E-state index in [0.717, 1.165) is 0 Å². The van der Waals surface area contributed by atoms with Gasteiger partial charge in [0.1, 0.15) is 0 Å². The van der Waals surface area contributed by atoms with Gasteiger partial charge in [0.05, 0.1) is 0 Å². The monoisotopic (exact) mass is 104 g/mol. The number of rotatable bonds is 0. The summed E-state index contributed by atoms with van der Waals surface area (Å²) >= 11 is 0. The van der Waals surface area contributed by atoms with Gasteiger partial charge in [-0.15, -0.1) is 13.1 Å². The Kier molecular flexibility index (Phi) is 12.3. The summed E-state index contributed by atoms with van der Waals surface area (Å²) < 4.78 is 0. The Balaban J connectivity index is -0.0000000800. The molecular formula is C2H6Li2O2Si. The predicted octanol–water partition coefficient (Wildman–Crippen LogP) is -7.58. The summed E-state index contributed by atoms with van der Waals surface area (Å²) in [5.74, 6) is 0. The summed E-state index contributed by atoms with van der Waals surface area (Å²) in [5.41, 5.74) is 0. The molecular weight excluding hydrogens is 98.0 g/mol. The summed E-state index contributed by atoms with van der Waals surface area (Å²) in [7, 11) is -3.11. The molecule has 0 saturated carbocycles. The van der Waals surface area contributed by atoms with Crippen molar-refractivity contribution < 1.29 is 47.3 Å². The topological polar surface area (TPSA) is 46.1 Å². The molecule has 0 spiro atoms. The zero-order chi connectivity index (χ0) is 4.50. The largest absolute Gasteiger partial charge is 1.00 e. The van der Waals surface area contributed by atoms with Crippen LogP contribution in [0, 0.1) is 0 Å². The van der Waals surface area contributed by atoms with Crippen LogP contribution in [-0.2, 0) is 0 Å². The number of hydrogen-bond acceptors (Lipinski definition) is 2. The molecule has 0 aromatic carbocycles. The van der Waals surface area contributed by atoms with Gasteiger partial charge in [0.15, 0.2) is 0 Å². The Bertz CT molecular complexity index is 29.2. The van der Waals surface area contributed by atoms with Crippen LogP contribution >= 0.6 is 0 Å². The molecule has 0 aliphatic carbocycles. The van der Waals surface area contributed by atoms with Crippen LogP contribution in [0.3, 0.4) is 0 Å². The van der Waals surface area contributed by atoms with E-state index in [1.807, 2.05) is 0 Å². The predicted molar refractivity (Wildman–Crippen MR) is 17.5 cm³/mol. The molecule has 0 aromatic rings. The van der Waals surface area contributed by atoms with Crippen LogP contribution < -0.4 is 47.3 Å². The Morgan fingerprint density at radius 3 is 1.00 bits per heavy atom. The average molecular weight is 104 g/mol. The van der Waals surface area contributed by atoms with Crippen LogP contribution in [0.25, 0.3) is 0 Å². The third-order valence-corrected chi connectivity index (χ3v) is 0. The fraction of sp³-hybridized carbons (Fsp3) is 1.00. The van der Waals surface area contributed by atoms with Crippen LogP contribution in [0.5, 0.6) is 0 Å². The molecule has 0 heterocycles. The summed E-state index contributed by atoms with van der Waals surface area (Å²) in [4.78, 5) is 19.4. The molecule has 2 nitrogen and oxygen atoms in total. The van der Waals surface area contributed by atoms with Gasteiger partial charge in [0.25, 0.3) is 0 Å². The van der Waals surface area contributed by atoms with E-state index in [4.69, 9.17) is 0 Å². The smallest absolute Gasteiger partial charge is 0.870 e. The SMILES string of the molecule is C[Si](C)([O-])[O-].[Li+].[Li+]. The van der Waals surface area contributed by atoms with Crippen molar-refractivity contribution in [3.05, 3.63) is 0 Å². The van der Waals surface area contributed by atoms with Gasteiger partial charge in [-0.2, -0.15) is 8.56 Å². The summed E-state index contributed by atoms with van der Waals surface area (Å²) in [5, 5.41) is 0. The second-order valence-electron chi connectivity index (χ2n) is 1.40. The van der Waals surface area contributed by atoms with E-state index < -0.39 is 8.56 Å². The fourth-order valence-corrected chi connectivity index (χ4v) is 0. The van der Waals surface area contributed by atoms with E-state index in [-0.39, 0.29) is 37.7 Å². The first kappa shape index (κ1) is 15.8. The maximum absolute atomic E-state index is 9.69. The van der Waals surface area contributed by atoms with Gasteiger partial charge in [-0.1, -0.05) is 0 Å². The minimum absolute atomic E-state index is 0. The van der Waals surface area contributed by atoms with Crippen molar-refractivity contribution in [2.24, 2.45) is 0 Å². The quantitative estimate of drug-likeness (QED) is 0.286. The third-order valence-electron chi connectivity index (χ3n) is 0. The zero-order valence-corrected chi connectivity index (χ0v) is 6.32. The molecule has 5 heteroatoms. The molecule has 0 unspecified atom stereocenters. The van der Waals surface area contributed by atoms with Crippen molar-refractivity contribution >= 4 is 8.56 Å². The summed E-state index contributed by atoms with van der Waals surface area (Å²) in [6, 6.07) is 0. The molecule has 32 valence electrons. The molecule has 0 N–H and O–H groups in total. The van der Waals surface area contributed by atoms with Gasteiger partial charge in [0.2, 0.25) is 0 Å². The van der Waals surface area contributed by atoms with Gasteiger partial charge in [-0.3, -0.25) is 0 Å². The maximum atomic E-state index is 9.69. The molecule has 0 aliphatic heterocycles. The third kappa shape index (κ3) is 118. The van der Waals surface area contributed by atoms with E-state index >= 15 is 0 Å². The normalized spacial score (nSPS) is 8.57. The first-order chi connectivity index (χ1) is 2.00. The van der Waals surface area contributed by atoms with Gasteiger partial charge in [-0.25, -0.2) is 0 Å². The Morgan fingerprint density at radius 1 is 1.00 bits per heavy atom. The maximum Gasteiger partial charge on any atom is 1.00 e. The summed E-state index contributed by atoms with van der Waals surface area (Å²) in [6.07, 6.45) is 0. The van der Waals surface area contributed by atoms with Crippen molar-refractivity contribution in [1.29, 1.82) is 0 Å². The van der Waals surface area contributed by atoms with Crippen molar-refractivity contribution in [2.75, 3.05) is 0 Å². The second kappa shape index (κ2) is 5.47. The molecule has 0 bridgehead atoms. The van der Waals surface area contributed by atoms with Crippen molar-refractivity contribution in [1.82, 2.24) is 0 Å². The van der Waals surface area contributed by atoms with E-state index in [1.165, 1.54) is 13.1 Å². The van der Waals surface area contributed by atoms with Gasteiger partial charge < -0.3 is 9.59 Å². The molecule has 0 aromatic heterocycles. The number of hydrogen-bond donors (Lipinski definition) is 0. The van der Waals surface area contributed by atoms with Crippen LogP contribution in [0.2, 0.25) is 13.1 Å². The molecule has 7 heavy (non-hydrogen) atoms. The van der Waals surface area contributed by atoms with Crippen molar-refractivity contribution in [3.8, 4) is 0 Å². The fourth-order valence-electron chi connectivity index (χ4n) is 0. The molecule has 0 atom stereocenters. The van der Waals surface area contributed by atoms with Crippen LogP contribution in [0.4, 0.5) is 0 Å². The first-order valence-corrected chi connectivity index (χ1v) is 4.22. The standard InChI is InChI=1S/C2H6O2Si.2Li/c1-5(2,3)4;;/h1-2H3;;/q-2;2*+1. The molecule has 0 amide bonds. The second-order valence-corrected chi connectivity index (χ2v) is 4.20. The van der Waals surface area contributed by atoms with Gasteiger partial charge in [0, 0.05) is 0 Å². The molecule has 0 rings (SSSR count). The minimum Gasteiger partial charge on any atom is -0.870 e. The zero-order valence-electron chi connectivity index (χ0n) is 5.32. The molecule has 0 aliphatic rings. The van der Waals surface area contributed by atoms with Gasteiger partial charge >= 0.3 is 37.7 Å². The van der Waals surface area contributed by atoms with E-state index in [0.29, 0.717) is 0 Å². The van der Waals surface area contributed by atoms with E-state index in [2.05, 4.69) is 0 Å². The Morgan fingerprint density at radius 2 is 1.00 bits per heavy atom. The first-order valence-electron chi connectivity index (χ1n) is 1.41. The summed E-state index contributed by atoms with van der Waals surface area (Å²) in [6.45, 7) is 2.43. The Labute approximate surface area is 68.9 Å². The van der Waals surface area contributed by atoms with Crippen molar-refractivity contribution in [2.45, 2.75) is 13.1 Å². The van der Waals surface area contributed by atoms with E-state index in [1.54, 1.807) is 0 Å². The van der Waals surface area contributed by atoms with Gasteiger partial charge in [-0.05, 0) is 0 Å². The molecule has 0 saturated heterocycles. The van der Waals surface area contributed by atoms with Crippen molar-refractivity contribution in [3.63, 3.8) is 0 Å². The molecule has 0 radical (unpaired) electrons. The van der Waals surface area contributed by atoms with Crippen LogP contribution in [0.1, 0.15) is 0 Å². The Hall–Kier alpha value is 1.33. The average Bonchev–Trinajstić information content (AvgIpc) is 0.722. The molecule has 0 fully saturated rings.